The quantitative estimate of drug-likeness (QED) is 0.680. The van der Waals surface area contributed by atoms with Crippen LogP contribution in [-0.4, -0.2) is 60.1 Å². The Balaban J connectivity index is 1.41. The van der Waals surface area contributed by atoms with E-state index in [1.165, 1.54) is 0 Å². The zero-order valence-electron chi connectivity index (χ0n) is 16.7. The molecular weight excluding hydrogens is 372 g/mol. The number of alkyl carbamates (subject to hydrolysis) is 1. The van der Waals surface area contributed by atoms with Crippen molar-refractivity contribution in [3.8, 4) is 0 Å². The number of fused-ring (bicyclic) bond motifs is 1. The van der Waals surface area contributed by atoms with Crippen LogP contribution in [0.15, 0.2) is 24.3 Å². The summed E-state index contributed by atoms with van der Waals surface area (Å²) >= 11 is 0. The van der Waals surface area contributed by atoms with E-state index in [1.807, 2.05) is 31.2 Å². The summed E-state index contributed by atoms with van der Waals surface area (Å²) < 4.78 is 4.80. The van der Waals surface area contributed by atoms with E-state index in [4.69, 9.17) is 4.74 Å². The predicted octanol–water partition coefficient (Wildman–Crippen LogP) is 0.833. The van der Waals surface area contributed by atoms with Crippen molar-refractivity contribution >= 4 is 17.9 Å². The molecule has 3 N–H and O–H groups in total. The molecule has 0 radical (unpaired) electrons. The number of aryl methyl sites for hydroxylation is 1. The molecule has 156 valence electrons. The third-order valence-corrected chi connectivity index (χ3v) is 6.36. The first kappa shape index (κ1) is 19.7. The van der Waals surface area contributed by atoms with E-state index in [0.29, 0.717) is 19.5 Å². The number of carbonyl (C=O) groups is 3. The molecule has 0 saturated carbocycles. The molecule has 3 fully saturated rings. The Bertz CT molecular complexity index is 814. The fraction of sp³-hybridized carbons (Fsp3) is 0.571. The molecule has 4 rings (SSSR count). The van der Waals surface area contributed by atoms with Gasteiger partial charge in [-0.2, -0.15) is 0 Å². The topological polar surface area (TPSA) is 99.8 Å². The fourth-order valence-electron chi connectivity index (χ4n) is 4.75. The molecule has 1 aromatic carbocycles. The van der Waals surface area contributed by atoms with Crippen molar-refractivity contribution in [1.29, 1.82) is 0 Å². The summed E-state index contributed by atoms with van der Waals surface area (Å²) in [6.07, 6.45) is 2.87. The van der Waals surface area contributed by atoms with Gasteiger partial charge < -0.3 is 20.7 Å². The lowest BCUT2D eigenvalue weighted by Gasteiger charge is -2.40. The molecule has 3 aliphatic rings. The van der Waals surface area contributed by atoms with Crippen molar-refractivity contribution in [2.45, 2.75) is 56.8 Å². The second-order valence-corrected chi connectivity index (χ2v) is 8.25. The molecule has 3 heterocycles. The molecule has 8 nitrogen and oxygen atoms in total. The minimum absolute atomic E-state index is 0.0368. The van der Waals surface area contributed by atoms with E-state index in [9.17, 15) is 14.4 Å². The van der Waals surface area contributed by atoms with Gasteiger partial charge in [0.25, 0.3) is 0 Å². The largest absolute Gasteiger partial charge is 0.447 e. The smallest absolute Gasteiger partial charge is 0.407 e. The summed E-state index contributed by atoms with van der Waals surface area (Å²) in [5.74, 6) is -0.217. The summed E-state index contributed by atoms with van der Waals surface area (Å²) in [7, 11) is 0. The van der Waals surface area contributed by atoms with Crippen LogP contribution in [0.3, 0.4) is 0 Å². The van der Waals surface area contributed by atoms with E-state index in [0.717, 1.165) is 36.9 Å². The number of cyclic esters (lactones) is 1. The third-order valence-electron chi connectivity index (χ3n) is 6.36. The van der Waals surface area contributed by atoms with Crippen LogP contribution in [0.1, 0.15) is 36.8 Å². The molecule has 0 aromatic heterocycles. The van der Waals surface area contributed by atoms with Crippen LogP contribution in [0.2, 0.25) is 0 Å². The van der Waals surface area contributed by atoms with E-state index in [-0.39, 0.29) is 24.5 Å². The maximum Gasteiger partial charge on any atom is 0.407 e. The first-order chi connectivity index (χ1) is 14.0. The molecule has 0 spiro atoms. The number of rotatable bonds is 5. The van der Waals surface area contributed by atoms with E-state index in [1.54, 1.807) is 0 Å². The highest BCUT2D eigenvalue weighted by molar-refractivity contribution is 5.89. The molecule has 3 amide bonds. The molecule has 3 aliphatic heterocycles. The van der Waals surface area contributed by atoms with Gasteiger partial charge in [-0.1, -0.05) is 24.3 Å². The minimum atomic E-state index is -0.661. The van der Waals surface area contributed by atoms with Gasteiger partial charge in [-0.3, -0.25) is 14.5 Å². The van der Waals surface area contributed by atoms with Crippen LogP contribution in [-0.2, 0) is 20.9 Å². The first-order valence-electron chi connectivity index (χ1n) is 10.3. The van der Waals surface area contributed by atoms with Gasteiger partial charge in [-0.15, -0.1) is 0 Å². The maximum atomic E-state index is 13.3. The van der Waals surface area contributed by atoms with Gasteiger partial charge in [0.2, 0.25) is 11.8 Å². The summed E-state index contributed by atoms with van der Waals surface area (Å²) in [5, 5.41) is 8.64. The Morgan fingerprint density at radius 2 is 2.14 bits per heavy atom. The second-order valence-electron chi connectivity index (χ2n) is 8.25. The third kappa shape index (κ3) is 3.94. The molecule has 0 bridgehead atoms. The zero-order chi connectivity index (χ0) is 20.4. The summed E-state index contributed by atoms with van der Waals surface area (Å²) in [4.78, 5) is 39.1. The number of nitrogens with zero attached hydrogens (tertiary/aromatic N) is 1. The van der Waals surface area contributed by atoms with Crippen LogP contribution in [0.5, 0.6) is 0 Å². The summed E-state index contributed by atoms with van der Waals surface area (Å²) in [6.45, 7) is 4.09. The second kappa shape index (κ2) is 8.02. The van der Waals surface area contributed by atoms with Crippen molar-refractivity contribution in [1.82, 2.24) is 20.9 Å². The number of nitrogens with one attached hydrogen (secondary N) is 3. The zero-order valence-corrected chi connectivity index (χ0v) is 16.7. The Morgan fingerprint density at radius 1 is 1.31 bits per heavy atom. The predicted molar refractivity (Wildman–Crippen MR) is 106 cm³/mol. The maximum absolute atomic E-state index is 13.3. The Kier molecular flexibility index (Phi) is 5.45. The van der Waals surface area contributed by atoms with Crippen LogP contribution >= 0.6 is 0 Å². The lowest BCUT2D eigenvalue weighted by Crippen LogP contribution is -2.57. The highest BCUT2D eigenvalue weighted by Crippen LogP contribution is 2.38. The normalized spacial score (nSPS) is 28.9. The highest BCUT2D eigenvalue weighted by Gasteiger charge is 2.52. The lowest BCUT2D eigenvalue weighted by molar-refractivity contribution is -0.134. The Morgan fingerprint density at radius 3 is 2.90 bits per heavy atom. The average molecular weight is 400 g/mol. The molecule has 3 saturated heterocycles. The van der Waals surface area contributed by atoms with E-state index < -0.39 is 17.7 Å². The summed E-state index contributed by atoms with van der Waals surface area (Å²) in [5.41, 5.74) is 1.69. The van der Waals surface area contributed by atoms with Crippen LogP contribution in [0.25, 0.3) is 0 Å². The number of benzene rings is 1. The Labute approximate surface area is 170 Å². The first-order valence-corrected chi connectivity index (χ1v) is 10.3. The van der Waals surface area contributed by atoms with Gasteiger partial charge in [0.15, 0.2) is 0 Å². The number of hydrogen-bond donors (Lipinski definition) is 3. The lowest BCUT2D eigenvalue weighted by atomic mass is 9.84. The van der Waals surface area contributed by atoms with Gasteiger partial charge in [-0.25, -0.2) is 4.79 Å². The SMILES string of the molecule is Cc1ccccc1CNC(=O)[C@@]12CCCCN1C[C@@H](NC(=O)[C@@H]1COC(=O)N1)C2. The molecule has 8 heteroatoms. The van der Waals surface area contributed by atoms with Crippen LogP contribution in [0.4, 0.5) is 4.79 Å². The number of carbonyl (C=O) groups excluding carboxylic acids is 3. The van der Waals surface area contributed by atoms with Crippen molar-refractivity contribution < 1.29 is 19.1 Å². The van der Waals surface area contributed by atoms with Gasteiger partial charge in [0.1, 0.15) is 18.2 Å². The van der Waals surface area contributed by atoms with E-state index >= 15 is 0 Å². The van der Waals surface area contributed by atoms with Crippen LogP contribution in [0, 0.1) is 6.92 Å². The van der Waals surface area contributed by atoms with Crippen molar-refractivity contribution in [2.75, 3.05) is 19.7 Å². The van der Waals surface area contributed by atoms with E-state index in [2.05, 4.69) is 20.9 Å². The van der Waals surface area contributed by atoms with Crippen molar-refractivity contribution in [3.05, 3.63) is 35.4 Å². The molecule has 0 unspecified atom stereocenters. The average Bonchev–Trinajstić information content (AvgIpc) is 3.31. The van der Waals surface area contributed by atoms with Gasteiger partial charge in [-0.05, 0) is 50.3 Å². The number of amides is 3. The number of piperidine rings is 1. The standard InChI is InChI=1S/C21H28N4O4/c1-14-6-2-3-7-15(14)11-22-19(27)21-8-4-5-9-25(21)12-16(10-21)23-18(26)17-13-29-20(28)24-17/h2-3,6-7,16-17H,4-5,8-13H2,1H3,(H,22,27)(H,23,26)(H,24,28)/t16-,17-,21-/m0/s1. The molecule has 1 aromatic rings. The molecule has 3 atom stereocenters. The minimum Gasteiger partial charge on any atom is -0.447 e. The molecular formula is C21H28N4O4. The highest BCUT2D eigenvalue weighted by atomic mass is 16.6. The van der Waals surface area contributed by atoms with Crippen LogP contribution < -0.4 is 16.0 Å². The monoisotopic (exact) mass is 400 g/mol. The molecule has 29 heavy (non-hydrogen) atoms. The fourth-order valence-corrected chi connectivity index (χ4v) is 4.75. The number of hydrogen-bond acceptors (Lipinski definition) is 5. The van der Waals surface area contributed by atoms with Crippen molar-refractivity contribution in [2.24, 2.45) is 0 Å². The van der Waals surface area contributed by atoms with Crippen molar-refractivity contribution in [3.63, 3.8) is 0 Å². The summed E-state index contributed by atoms with van der Waals surface area (Å²) in [6, 6.07) is 7.26. The Hall–Kier alpha value is -2.61. The van der Waals surface area contributed by atoms with Gasteiger partial charge in [0.05, 0.1) is 0 Å². The van der Waals surface area contributed by atoms with Gasteiger partial charge in [0, 0.05) is 19.1 Å². The number of ether oxygens (including phenoxy) is 1. The van der Waals surface area contributed by atoms with Gasteiger partial charge >= 0.3 is 6.09 Å². The molecule has 0 aliphatic carbocycles.